The number of rotatable bonds is 4. The lowest BCUT2D eigenvalue weighted by atomic mass is 9.88. The molecular formula is C20H23NO. The van der Waals surface area contributed by atoms with Crippen LogP contribution in [0.3, 0.4) is 0 Å². The van der Waals surface area contributed by atoms with Crippen molar-refractivity contribution in [2.24, 2.45) is 0 Å². The lowest BCUT2D eigenvalue weighted by Gasteiger charge is -2.18. The molecule has 2 heteroatoms. The molecule has 2 aromatic rings. The zero-order chi connectivity index (χ0) is 15.7. The topological polar surface area (TPSA) is 23.5 Å². The second-order valence-corrected chi connectivity index (χ2v) is 6.33. The summed E-state index contributed by atoms with van der Waals surface area (Å²) in [6.07, 6.45) is 6.26. The van der Waals surface area contributed by atoms with Crippen molar-refractivity contribution in [3.05, 3.63) is 71.3 Å². The molecule has 0 radical (unpaired) electrons. The molecule has 2 nitrogen and oxygen atoms in total. The molecule has 0 saturated heterocycles. The highest BCUT2D eigenvalue weighted by atomic mass is 16.3. The highest BCUT2D eigenvalue weighted by molar-refractivity contribution is 5.87. The van der Waals surface area contributed by atoms with E-state index in [1.54, 1.807) is 0 Å². The lowest BCUT2D eigenvalue weighted by molar-refractivity contribution is 0.200. The smallest absolute Gasteiger partial charge is 0.0770 e. The maximum Gasteiger partial charge on any atom is 0.0770 e. The first-order valence-corrected chi connectivity index (χ1v) is 7.79. The minimum Gasteiger partial charge on any atom is -0.389 e. The fourth-order valence-corrected chi connectivity index (χ4v) is 3.30. The molecule has 2 atom stereocenters. The number of hydrogen-bond donors (Lipinski definition) is 1. The monoisotopic (exact) mass is 293 g/mol. The van der Waals surface area contributed by atoms with Crippen molar-refractivity contribution >= 4 is 10.8 Å². The third-order valence-electron chi connectivity index (χ3n) is 4.19. The number of nitrogens with zero attached hydrogens (tertiary/aromatic N) is 1. The first kappa shape index (κ1) is 15.0. The second kappa shape index (κ2) is 6.07. The Bertz CT molecular complexity index is 740. The van der Waals surface area contributed by atoms with Crippen LogP contribution in [0.2, 0.25) is 0 Å². The van der Waals surface area contributed by atoms with Gasteiger partial charge in [0.05, 0.1) is 6.10 Å². The Hall–Kier alpha value is -1.90. The summed E-state index contributed by atoms with van der Waals surface area (Å²) in [5, 5.41) is 12.7. The SMILES string of the molecule is CC(O)c1c(C2C=CC(CN(C)C)=C2)ccc2ccccc12. The van der Waals surface area contributed by atoms with E-state index in [4.69, 9.17) is 0 Å². The predicted molar refractivity (Wildman–Crippen MR) is 93.1 cm³/mol. The van der Waals surface area contributed by atoms with Crippen molar-refractivity contribution < 1.29 is 5.11 Å². The summed E-state index contributed by atoms with van der Waals surface area (Å²) in [5.74, 6) is 0.254. The normalized spacial score (nSPS) is 19.0. The predicted octanol–water partition coefficient (Wildman–Crippen LogP) is 4.03. The molecule has 0 fully saturated rings. The molecule has 1 N–H and O–H groups in total. The van der Waals surface area contributed by atoms with Crippen molar-refractivity contribution in [2.45, 2.75) is 18.9 Å². The van der Waals surface area contributed by atoms with Gasteiger partial charge in [-0.2, -0.15) is 0 Å². The Morgan fingerprint density at radius 3 is 2.64 bits per heavy atom. The highest BCUT2D eigenvalue weighted by Gasteiger charge is 2.19. The molecule has 0 aliphatic heterocycles. The molecule has 1 aliphatic rings. The van der Waals surface area contributed by atoms with E-state index in [1.165, 1.54) is 16.5 Å². The van der Waals surface area contributed by atoms with Gasteiger partial charge in [-0.15, -0.1) is 0 Å². The third-order valence-corrected chi connectivity index (χ3v) is 4.19. The van der Waals surface area contributed by atoms with Crippen molar-refractivity contribution in [1.82, 2.24) is 4.90 Å². The molecular weight excluding hydrogens is 270 g/mol. The van der Waals surface area contributed by atoms with E-state index in [0.717, 1.165) is 17.5 Å². The van der Waals surface area contributed by atoms with E-state index in [1.807, 2.05) is 19.1 Å². The molecule has 0 saturated carbocycles. The minimum atomic E-state index is -0.471. The summed E-state index contributed by atoms with van der Waals surface area (Å²) < 4.78 is 0. The number of aliphatic hydroxyl groups excluding tert-OH is 1. The van der Waals surface area contributed by atoms with E-state index in [9.17, 15) is 5.11 Å². The molecule has 2 unspecified atom stereocenters. The number of allylic oxidation sites excluding steroid dienone is 2. The number of benzene rings is 2. The van der Waals surface area contributed by atoms with Crippen LogP contribution in [-0.2, 0) is 0 Å². The molecule has 0 amide bonds. The fraction of sp³-hybridized carbons (Fsp3) is 0.300. The molecule has 2 aromatic carbocycles. The van der Waals surface area contributed by atoms with Gasteiger partial charge in [0.25, 0.3) is 0 Å². The van der Waals surface area contributed by atoms with Crippen LogP contribution in [0.5, 0.6) is 0 Å². The largest absolute Gasteiger partial charge is 0.389 e. The number of hydrogen-bond acceptors (Lipinski definition) is 2. The number of aliphatic hydroxyl groups is 1. The zero-order valence-corrected chi connectivity index (χ0v) is 13.5. The van der Waals surface area contributed by atoms with Gasteiger partial charge in [-0.1, -0.05) is 54.6 Å². The van der Waals surface area contributed by atoms with Gasteiger partial charge >= 0.3 is 0 Å². The van der Waals surface area contributed by atoms with Crippen LogP contribution in [0.25, 0.3) is 10.8 Å². The van der Waals surface area contributed by atoms with Crippen LogP contribution in [0, 0.1) is 0 Å². The molecule has 0 bridgehead atoms. The van der Waals surface area contributed by atoms with Gasteiger partial charge in [0.1, 0.15) is 0 Å². The third kappa shape index (κ3) is 2.85. The van der Waals surface area contributed by atoms with Gasteiger partial charge in [-0.3, -0.25) is 0 Å². The molecule has 0 heterocycles. The van der Waals surface area contributed by atoms with Crippen molar-refractivity contribution in [3.8, 4) is 0 Å². The Morgan fingerprint density at radius 2 is 1.91 bits per heavy atom. The Labute approximate surface area is 132 Å². The van der Waals surface area contributed by atoms with Crippen molar-refractivity contribution in [1.29, 1.82) is 0 Å². The van der Waals surface area contributed by atoms with E-state index in [2.05, 4.69) is 61.5 Å². The first-order valence-electron chi connectivity index (χ1n) is 7.79. The van der Waals surface area contributed by atoms with Gasteiger partial charge in [-0.25, -0.2) is 0 Å². The van der Waals surface area contributed by atoms with Gasteiger partial charge < -0.3 is 10.0 Å². The van der Waals surface area contributed by atoms with Gasteiger partial charge in [0, 0.05) is 12.5 Å². The summed E-state index contributed by atoms with van der Waals surface area (Å²) in [4.78, 5) is 2.18. The number of fused-ring (bicyclic) bond motifs is 1. The van der Waals surface area contributed by atoms with Crippen molar-refractivity contribution in [3.63, 3.8) is 0 Å². The Kier molecular flexibility index (Phi) is 4.14. The molecule has 22 heavy (non-hydrogen) atoms. The average Bonchev–Trinajstić information content (AvgIpc) is 2.93. The van der Waals surface area contributed by atoms with Crippen LogP contribution in [0.15, 0.2) is 60.2 Å². The summed E-state index contributed by atoms with van der Waals surface area (Å²) in [6.45, 7) is 2.80. The van der Waals surface area contributed by atoms with E-state index in [0.29, 0.717) is 0 Å². The number of likely N-dealkylation sites (N-methyl/N-ethyl adjacent to an activating group) is 1. The molecule has 0 aromatic heterocycles. The maximum atomic E-state index is 10.3. The van der Waals surface area contributed by atoms with Gasteiger partial charge in [0.2, 0.25) is 0 Å². The van der Waals surface area contributed by atoms with Gasteiger partial charge in [0.15, 0.2) is 0 Å². The lowest BCUT2D eigenvalue weighted by Crippen LogP contribution is -2.13. The second-order valence-electron chi connectivity index (χ2n) is 6.33. The first-order chi connectivity index (χ1) is 10.6. The molecule has 114 valence electrons. The molecule has 1 aliphatic carbocycles. The summed E-state index contributed by atoms with van der Waals surface area (Å²) in [6, 6.07) is 12.6. The van der Waals surface area contributed by atoms with Gasteiger partial charge in [-0.05, 0) is 48.5 Å². The standard InChI is InChI=1S/C20H23NO/c1-14(22)20-18-7-5-4-6-16(18)10-11-19(20)17-9-8-15(12-17)13-21(2)3/h4-12,14,17,22H,13H2,1-3H3. The van der Waals surface area contributed by atoms with E-state index in [-0.39, 0.29) is 5.92 Å². The fourth-order valence-electron chi connectivity index (χ4n) is 3.30. The van der Waals surface area contributed by atoms with Crippen LogP contribution >= 0.6 is 0 Å². The van der Waals surface area contributed by atoms with Crippen LogP contribution in [0.1, 0.15) is 30.1 Å². The summed E-state index contributed by atoms with van der Waals surface area (Å²) in [7, 11) is 4.17. The van der Waals surface area contributed by atoms with Crippen LogP contribution in [-0.4, -0.2) is 30.6 Å². The highest BCUT2D eigenvalue weighted by Crippen LogP contribution is 2.36. The molecule has 0 spiro atoms. The summed E-state index contributed by atoms with van der Waals surface area (Å²) in [5.41, 5.74) is 3.59. The summed E-state index contributed by atoms with van der Waals surface area (Å²) >= 11 is 0. The minimum absolute atomic E-state index is 0.254. The molecule has 3 rings (SSSR count). The average molecular weight is 293 g/mol. The quantitative estimate of drug-likeness (QED) is 0.920. The van der Waals surface area contributed by atoms with Crippen LogP contribution < -0.4 is 0 Å². The zero-order valence-electron chi connectivity index (χ0n) is 13.5. The Balaban J connectivity index is 2.07. The van der Waals surface area contributed by atoms with E-state index >= 15 is 0 Å². The Morgan fingerprint density at radius 1 is 1.14 bits per heavy atom. The van der Waals surface area contributed by atoms with Crippen LogP contribution in [0.4, 0.5) is 0 Å². The van der Waals surface area contributed by atoms with Crippen molar-refractivity contribution in [2.75, 3.05) is 20.6 Å². The maximum absolute atomic E-state index is 10.3. The van der Waals surface area contributed by atoms with E-state index < -0.39 is 6.10 Å².